The van der Waals surface area contributed by atoms with Gasteiger partial charge in [-0.2, -0.15) is 5.26 Å². The first kappa shape index (κ1) is 13.7. The molecule has 2 aromatic rings. The van der Waals surface area contributed by atoms with E-state index in [0.29, 0.717) is 12.1 Å². The standard InChI is InChI=1S/C16H11BrN2O2/c17-13-3-6-15-12(7-13)9-19(16(20)10-21-15)14-4-1-11(8-18)2-5-14/h1-7H,9-10H2. The Hall–Kier alpha value is -2.32. The molecule has 5 heteroatoms. The van der Waals surface area contributed by atoms with Crippen molar-refractivity contribution in [3.8, 4) is 11.8 Å². The normalized spacial score (nSPS) is 13.9. The summed E-state index contributed by atoms with van der Waals surface area (Å²) in [5.74, 6) is 0.620. The van der Waals surface area contributed by atoms with Crippen molar-refractivity contribution in [2.45, 2.75) is 6.54 Å². The van der Waals surface area contributed by atoms with Crippen LogP contribution in [0.1, 0.15) is 11.1 Å². The molecule has 0 spiro atoms. The van der Waals surface area contributed by atoms with Crippen molar-refractivity contribution in [3.05, 3.63) is 58.1 Å². The Balaban J connectivity index is 1.97. The lowest BCUT2D eigenvalue weighted by Gasteiger charge is -2.20. The molecule has 0 atom stereocenters. The van der Waals surface area contributed by atoms with Gasteiger partial charge in [-0.15, -0.1) is 0 Å². The molecule has 1 amide bonds. The second-order valence-corrected chi connectivity index (χ2v) is 5.59. The largest absolute Gasteiger partial charge is 0.483 e. The van der Waals surface area contributed by atoms with Crippen LogP contribution < -0.4 is 9.64 Å². The van der Waals surface area contributed by atoms with Gasteiger partial charge in [0, 0.05) is 15.7 Å². The Morgan fingerprint density at radius 1 is 1.19 bits per heavy atom. The average Bonchev–Trinajstić information content (AvgIpc) is 2.67. The van der Waals surface area contributed by atoms with Crippen LogP contribution in [0.5, 0.6) is 5.75 Å². The van der Waals surface area contributed by atoms with Gasteiger partial charge in [0.15, 0.2) is 6.61 Å². The summed E-state index contributed by atoms with van der Waals surface area (Å²) in [7, 11) is 0. The Labute approximate surface area is 130 Å². The molecule has 3 rings (SSSR count). The quantitative estimate of drug-likeness (QED) is 0.799. The summed E-state index contributed by atoms with van der Waals surface area (Å²) in [4.78, 5) is 13.9. The number of benzene rings is 2. The molecule has 0 bridgehead atoms. The van der Waals surface area contributed by atoms with Gasteiger partial charge in [-0.1, -0.05) is 15.9 Å². The minimum absolute atomic E-state index is 0.00857. The van der Waals surface area contributed by atoms with E-state index in [1.165, 1.54) is 0 Å². The maximum atomic E-state index is 12.2. The third-order valence-corrected chi connectivity index (χ3v) is 3.80. The highest BCUT2D eigenvalue weighted by molar-refractivity contribution is 9.10. The molecule has 0 radical (unpaired) electrons. The summed E-state index contributed by atoms with van der Waals surface area (Å²) in [5, 5.41) is 8.84. The van der Waals surface area contributed by atoms with Gasteiger partial charge in [-0.3, -0.25) is 4.79 Å². The lowest BCUT2D eigenvalue weighted by atomic mass is 10.1. The minimum Gasteiger partial charge on any atom is -0.483 e. The summed E-state index contributed by atoms with van der Waals surface area (Å²) >= 11 is 3.43. The molecule has 104 valence electrons. The van der Waals surface area contributed by atoms with E-state index in [0.717, 1.165) is 21.5 Å². The minimum atomic E-state index is -0.105. The molecule has 1 aliphatic heterocycles. The molecular weight excluding hydrogens is 332 g/mol. The molecule has 0 unspecified atom stereocenters. The lowest BCUT2D eigenvalue weighted by molar-refractivity contribution is -0.120. The zero-order valence-corrected chi connectivity index (χ0v) is 12.6. The average molecular weight is 343 g/mol. The van der Waals surface area contributed by atoms with Gasteiger partial charge in [0.25, 0.3) is 5.91 Å². The Morgan fingerprint density at radius 3 is 2.67 bits per heavy atom. The van der Waals surface area contributed by atoms with Crippen LogP contribution in [0.2, 0.25) is 0 Å². The van der Waals surface area contributed by atoms with Crippen LogP contribution in [-0.2, 0) is 11.3 Å². The Morgan fingerprint density at radius 2 is 1.95 bits per heavy atom. The fourth-order valence-corrected chi connectivity index (χ4v) is 2.65. The molecule has 4 nitrogen and oxygen atoms in total. The first-order chi connectivity index (χ1) is 10.2. The molecule has 2 aromatic carbocycles. The number of halogens is 1. The second kappa shape index (κ2) is 5.58. The fourth-order valence-electron chi connectivity index (χ4n) is 2.24. The predicted octanol–water partition coefficient (Wildman–Crippen LogP) is 3.25. The van der Waals surface area contributed by atoms with Crippen LogP contribution in [-0.4, -0.2) is 12.5 Å². The van der Waals surface area contributed by atoms with E-state index < -0.39 is 0 Å². The van der Waals surface area contributed by atoms with Crippen molar-refractivity contribution >= 4 is 27.5 Å². The molecule has 1 aliphatic rings. The van der Waals surface area contributed by atoms with Gasteiger partial charge in [-0.25, -0.2) is 0 Å². The van der Waals surface area contributed by atoms with Crippen molar-refractivity contribution in [2.24, 2.45) is 0 Å². The molecule has 0 N–H and O–H groups in total. The number of ether oxygens (including phenoxy) is 1. The maximum absolute atomic E-state index is 12.2. The first-order valence-electron chi connectivity index (χ1n) is 6.39. The molecule has 21 heavy (non-hydrogen) atoms. The summed E-state index contributed by atoms with van der Waals surface area (Å²) < 4.78 is 6.49. The van der Waals surface area contributed by atoms with Gasteiger partial charge >= 0.3 is 0 Å². The molecule has 0 saturated heterocycles. The van der Waals surface area contributed by atoms with E-state index in [9.17, 15) is 4.79 Å². The van der Waals surface area contributed by atoms with Crippen molar-refractivity contribution in [2.75, 3.05) is 11.5 Å². The lowest BCUT2D eigenvalue weighted by Crippen LogP contribution is -2.32. The molecule has 0 saturated carbocycles. The van der Waals surface area contributed by atoms with Crippen molar-refractivity contribution < 1.29 is 9.53 Å². The Bertz CT molecular complexity index is 735. The second-order valence-electron chi connectivity index (χ2n) is 4.68. The predicted molar refractivity (Wildman–Crippen MR) is 82.0 cm³/mol. The number of rotatable bonds is 1. The van der Waals surface area contributed by atoms with E-state index in [1.54, 1.807) is 29.2 Å². The molecule has 0 aliphatic carbocycles. The van der Waals surface area contributed by atoms with Gasteiger partial charge < -0.3 is 9.64 Å². The van der Waals surface area contributed by atoms with Gasteiger partial charge in [0.2, 0.25) is 0 Å². The highest BCUT2D eigenvalue weighted by Gasteiger charge is 2.22. The van der Waals surface area contributed by atoms with Crippen LogP contribution in [0.3, 0.4) is 0 Å². The van der Waals surface area contributed by atoms with E-state index in [2.05, 4.69) is 22.0 Å². The number of fused-ring (bicyclic) bond motifs is 1. The molecular formula is C16H11BrN2O2. The summed E-state index contributed by atoms with van der Waals surface area (Å²) in [5.41, 5.74) is 2.27. The van der Waals surface area contributed by atoms with Crippen LogP contribution in [0.25, 0.3) is 0 Å². The van der Waals surface area contributed by atoms with E-state index in [-0.39, 0.29) is 12.5 Å². The number of nitriles is 1. The van der Waals surface area contributed by atoms with Crippen LogP contribution in [0.4, 0.5) is 5.69 Å². The summed E-state index contributed by atoms with van der Waals surface area (Å²) in [6.07, 6.45) is 0. The van der Waals surface area contributed by atoms with Crippen molar-refractivity contribution in [1.29, 1.82) is 5.26 Å². The van der Waals surface area contributed by atoms with Gasteiger partial charge in [-0.05, 0) is 42.5 Å². The number of hydrogen-bond acceptors (Lipinski definition) is 3. The first-order valence-corrected chi connectivity index (χ1v) is 7.18. The monoisotopic (exact) mass is 342 g/mol. The highest BCUT2D eigenvalue weighted by Crippen LogP contribution is 2.29. The Kier molecular flexibility index (Phi) is 3.63. The van der Waals surface area contributed by atoms with Crippen LogP contribution in [0.15, 0.2) is 46.9 Å². The number of nitrogens with zero attached hydrogens (tertiary/aromatic N) is 2. The van der Waals surface area contributed by atoms with Crippen LogP contribution >= 0.6 is 15.9 Å². The summed E-state index contributed by atoms with van der Waals surface area (Å²) in [6.45, 7) is 0.453. The number of amides is 1. The fraction of sp³-hybridized carbons (Fsp3) is 0.125. The third kappa shape index (κ3) is 2.76. The van der Waals surface area contributed by atoms with E-state index in [4.69, 9.17) is 10.00 Å². The third-order valence-electron chi connectivity index (χ3n) is 3.31. The molecule has 0 fully saturated rings. The van der Waals surface area contributed by atoms with Crippen molar-refractivity contribution in [3.63, 3.8) is 0 Å². The zero-order valence-electron chi connectivity index (χ0n) is 11.0. The zero-order chi connectivity index (χ0) is 14.8. The molecule has 1 heterocycles. The van der Waals surface area contributed by atoms with Crippen LogP contribution in [0, 0.1) is 11.3 Å². The number of carbonyl (C=O) groups excluding carboxylic acids is 1. The highest BCUT2D eigenvalue weighted by atomic mass is 79.9. The number of anilines is 1. The van der Waals surface area contributed by atoms with Gasteiger partial charge in [0.05, 0.1) is 18.2 Å². The van der Waals surface area contributed by atoms with E-state index in [1.807, 2.05) is 18.2 Å². The maximum Gasteiger partial charge on any atom is 0.265 e. The summed E-state index contributed by atoms with van der Waals surface area (Å²) in [6, 6.07) is 14.7. The topological polar surface area (TPSA) is 53.3 Å². The molecule has 0 aromatic heterocycles. The van der Waals surface area contributed by atoms with E-state index >= 15 is 0 Å². The number of carbonyl (C=O) groups is 1. The SMILES string of the molecule is N#Cc1ccc(N2Cc3cc(Br)ccc3OCC2=O)cc1. The van der Waals surface area contributed by atoms with Crippen molar-refractivity contribution in [1.82, 2.24) is 0 Å². The van der Waals surface area contributed by atoms with Gasteiger partial charge in [0.1, 0.15) is 5.75 Å². The smallest absolute Gasteiger partial charge is 0.265 e. The number of hydrogen-bond donors (Lipinski definition) is 0.